The maximum Gasteiger partial charge on any atom is 0.417 e. The van der Waals surface area contributed by atoms with E-state index in [1.165, 1.54) is 30.3 Å². The van der Waals surface area contributed by atoms with Crippen molar-refractivity contribution in [3.8, 4) is 0 Å². The molecule has 0 atom stereocenters. The van der Waals surface area contributed by atoms with Gasteiger partial charge in [-0.05, 0) is 24.3 Å². The second kappa shape index (κ2) is 7.08. The SMILES string of the molecule is O=C(C=C(O)c1ncn[nH]1)c1ccc(Sc2ccccc2C(F)(F)F)o1. The fraction of sp³-hybridized carbons (Fsp3) is 0.0625. The number of allylic oxidation sites excluding steroid dienone is 1. The maximum atomic E-state index is 13.0. The predicted octanol–water partition coefficient (Wildman–Crippen LogP) is 4.35. The van der Waals surface area contributed by atoms with Crippen molar-refractivity contribution in [3.63, 3.8) is 0 Å². The van der Waals surface area contributed by atoms with Crippen LogP contribution in [0.1, 0.15) is 21.9 Å². The summed E-state index contributed by atoms with van der Waals surface area (Å²) in [5.41, 5.74) is -0.794. The molecule has 134 valence electrons. The molecule has 0 aliphatic carbocycles. The lowest BCUT2D eigenvalue weighted by Crippen LogP contribution is -2.06. The largest absolute Gasteiger partial charge is 0.504 e. The molecule has 10 heteroatoms. The third-order valence-electron chi connectivity index (χ3n) is 3.15. The number of ketones is 1. The summed E-state index contributed by atoms with van der Waals surface area (Å²) >= 11 is 0.745. The number of nitrogens with zero attached hydrogens (tertiary/aromatic N) is 2. The number of nitrogens with one attached hydrogen (secondary N) is 1. The number of hydrogen-bond acceptors (Lipinski definition) is 6. The standard InChI is InChI=1S/C16H10F3N3O3S/c17-16(18,19)9-3-1-2-4-13(9)26-14-6-5-12(25-14)10(23)7-11(24)15-20-8-21-22-15/h1-8,24H,(H,20,21,22). The van der Waals surface area contributed by atoms with Crippen LogP contribution >= 0.6 is 11.8 Å². The summed E-state index contributed by atoms with van der Waals surface area (Å²) in [7, 11) is 0. The molecule has 0 spiro atoms. The summed E-state index contributed by atoms with van der Waals surface area (Å²) in [5, 5.41) is 15.8. The Bertz CT molecular complexity index is 949. The number of halogens is 3. The smallest absolute Gasteiger partial charge is 0.417 e. The van der Waals surface area contributed by atoms with Gasteiger partial charge in [-0.2, -0.15) is 18.3 Å². The molecule has 0 unspecified atom stereocenters. The van der Waals surface area contributed by atoms with Crippen molar-refractivity contribution >= 4 is 23.3 Å². The third-order valence-corrected chi connectivity index (χ3v) is 4.15. The highest BCUT2D eigenvalue weighted by molar-refractivity contribution is 7.99. The van der Waals surface area contributed by atoms with Gasteiger partial charge in [0, 0.05) is 11.0 Å². The summed E-state index contributed by atoms with van der Waals surface area (Å²) in [5.74, 6) is -1.25. The zero-order valence-electron chi connectivity index (χ0n) is 12.8. The molecule has 2 aromatic heterocycles. The number of alkyl halides is 3. The topological polar surface area (TPSA) is 92.0 Å². The van der Waals surface area contributed by atoms with Crippen LogP contribution in [0.15, 0.2) is 63.2 Å². The second-order valence-corrected chi connectivity index (χ2v) is 5.99. The number of H-pyrrole nitrogens is 1. The minimum Gasteiger partial charge on any atom is -0.504 e. The molecule has 0 fully saturated rings. The quantitative estimate of drug-likeness (QED) is 0.388. The molecule has 2 heterocycles. The monoisotopic (exact) mass is 381 g/mol. The van der Waals surface area contributed by atoms with Gasteiger partial charge in [-0.1, -0.05) is 23.9 Å². The number of aliphatic hydroxyl groups is 1. The molecule has 0 saturated heterocycles. The molecule has 1 aromatic carbocycles. The van der Waals surface area contributed by atoms with E-state index in [2.05, 4.69) is 15.2 Å². The van der Waals surface area contributed by atoms with Crippen LogP contribution in [0.4, 0.5) is 13.2 Å². The molecule has 2 N–H and O–H groups in total. The van der Waals surface area contributed by atoms with Crippen molar-refractivity contribution < 1.29 is 27.5 Å². The average Bonchev–Trinajstić information content (AvgIpc) is 3.26. The van der Waals surface area contributed by atoms with Gasteiger partial charge >= 0.3 is 6.18 Å². The average molecular weight is 381 g/mol. The van der Waals surface area contributed by atoms with Gasteiger partial charge in [-0.3, -0.25) is 9.89 Å². The Morgan fingerprint density at radius 3 is 2.69 bits per heavy atom. The van der Waals surface area contributed by atoms with Crippen LogP contribution in [0.5, 0.6) is 0 Å². The zero-order chi connectivity index (χ0) is 18.7. The normalized spacial score (nSPS) is 12.3. The van der Waals surface area contributed by atoms with Crippen LogP contribution in [0.25, 0.3) is 5.76 Å². The van der Waals surface area contributed by atoms with E-state index in [1.54, 1.807) is 0 Å². The lowest BCUT2D eigenvalue weighted by atomic mass is 10.2. The van der Waals surface area contributed by atoms with E-state index in [0.29, 0.717) is 0 Å². The van der Waals surface area contributed by atoms with Gasteiger partial charge in [0.1, 0.15) is 6.33 Å². The van der Waals surface area contributed by atoms with Gasteiger partial charge in [0.2, 0.25) is 5.78 Å². The van der Waals surface area contributed by atoms with Gasteiger partial charge in [-0.25, -0.2) is 4.98 Å². The van der Waals surface area contributed by atoms with Crippen LogP contribution in [0.2, 0.25) is 0 Å². The van der Waals surface area contributed by atoms with Crippen LogP contribution in [0.3, 0.4) is 0 Å². The van der Waals surface area contributed by atoms with Crippen molar-refractivity contribution in [2.75, 3.05) is 0 Å². The highest BCUT2D eigenvalue weighted by atomic mass is 32.2. The van der Waals surface area contributed by atoms with Crippen LogP contribution < -0.4 is 0 Å². The first-order valence-electron chi connectivity index (χ1n) is 7.09. The number of rotatable bonds is 5. The first kappa shape index (κ1) is 17.8. The van der Waals surface area contributed by atoms with Crippen molar-refractivity contribution in [1.82, 2.24) is 15.2 Å². The molecule has 0 aliphatic heterocycles. The molecule has 26 heavy (non-hydrogen) atoms. The summed E-state index contributed by atoms with van der Waals surface area (Å²) < 4.78 is 44.3. The Kier molecular flexibility index (Phi) is 4.85. The van der Waals surface area contributed by atoms with Gasteiger partial charge < -0.3 is 9.52 Å². The third kappa shape index (κ3) is 3.97. The molecule has 0 radical (unpaired) electrons. The zero-order valence-corrected chi connectivity index (χ0v) is 13.6. The van der Waals surface area contributed by atoms with Crippen molar-refractivity contribution in [3.05, 3.63) is 65.9 Å². The van der Waals surface area contributed by atoms with Crippen molar-refractivity contribution in [1.29, 1.82) is 0 Å². The Labute approximate surface area is 148 Å². The van der Waals surface area contributed by atoms with E-state index in [4.69, 9.17) is 4.42 Å². The minimum atomic E-state index is -4.50. The highest BCUT2D eigenvalue weighted by Gasteiger charge is 2.33. The van der Waals surface area contributed by atoms with Crippen LogP contribution in [-0.2, 0) is 6.18 Å². The predicted molar refractivity (Wildman–Crippen MR) is 85.6 cm³/mol. The molecular weight excluding hydrogens is 371 g/mol. The van der Waals surface area contributed by atoms with Gasteiger partial charge in [0.05, 0.1) is 5.56 Å². The van der Waals surface area contributed by atoms with E-state index >= 15 is 0 Å². The van der Waals surface area contributed by atoms with E-state index in [1.807, 2.05) is 0 Å². The summed E-state index contributed by atoms with van der Waals surface area (Å²) in [6.07, 6.45) is -2.47. The van der Waals surface area contributed by atoms with Gasteiger partial charge in [-0.15, -0.1) is 0 Å². The van der Waals surface area contributed by atoms with Gasteiger partial charge in [0.25, 0.3) is 0 Å². The minimum absolute atomic E-state index is 0.00129. The Morgan fingerprint density at radius 1 is 1.23 bits per heavy atom. The molecule has 0 saturated carbocycles. The number of carbonyl (C=O) groups excluding carboxylic acids is 1. The first-order chi connectivity index (χ1) is 12.3. The molecule has 0 bridgehead atoms. The van der Waals surface area contributed by atoms with Gasteiger partial charge in [0.15, 0.2) is 22.4 Å². The van der Waals surface area contributed by atoms with E-state index in [0.717, 1.165) is 30.2 Å². The number of benzene rings is 1. The summed E-state index contributed by atoms with van der Waals surface area (Å²) in [4.78, 5) is 15.7. The highest BCUT2D eigenvalue weighted by Crippen LogP contribution is 2.39. The second-order valence-electron chi connectivity index (χ2n) is 4.94. The summed E-state index contributed by atoms with van der Waals surface area (Å²) in [6.45, 7) is 0. The number of furan rings is 1. The Morgan fingerprint density at radius 2 is 2.00 bits per heavy atom. The summed E-state index contributed by atoms with van der Waals surface area (Å²) in [6, 6.07) is 7.74. The van der Waals surface area contributed by atoms with E-state index in [9.17, 15) is 23.1 Å². The molecular formula is C16H10F3N3O3S. The lowest BCUT2D eigenvalue weighted by molar-refractivity contribution is -0.139. The maximum absolute atomic E-state index is 13.0. The number of hydrogen-bond donors (Lipinski definition) is 2. The number of aromatic amines is 1. The molecule has 0 aliphatic rings. The fourth-order valence-corrected chi connectivity index (χ4v) is 2.92. The Hall–Kier alpha value is -3.01. The first-order valence-corrected chi connectivity index (χ1v) is 7.91. The molecule has 0 amide bonds. The van der Waals surface area contributed by atoms with Crippen LogP contribution in [-0.4, -0.2) is 26.1 Å². The van der Waals surface area contributed by atoms with Crippen LogP contribution in [0, 0.1) is 0 Å². The van der Waals surface area contributed by atoms with Crippen molar-refractivity contribution in [2.45, 2.75) is 16.2 Å². The number of carbonyl (C=O) groups is 1. The van der Waals surface area contributed by atoms with E-state index in [-0.39, 0.29) is 21.6 Å². The van der Waals surface area contributed by atoms with E-state index < -0.39 is 23.3 Å². The molecule has 6 nitrogen and oxygen atoms in total. The molecule has 3 aromatic rings. The Balaban J connectivity index is 1.79. The molecule has 3 rings (SSSR count). The number of aromatic nitrogens is 3. The lowest BCUT2D eigenvalue weighted by Gasteiger charge is -2.10. The fourth-order valence-electron chi connectivity index (χ4n) is 2.00. The number of aliphatic hydroxyl groups excluding tert-OH is 1. The van der Waals surface area contributed by atoms with Crippen molar-refractivity contribution in [2.24, 2.45) is 0 Å².